The average molecular weight is 286 g/mol. The van der Waals surface area contributed by atoms with Crippen LogP contribution in [-0.4, -0.2) is 20.9 Å². The van der Waals surface area contributed by atoms with Crippen LogP contribution >= 0.6 is 11.8 Å². The fourth-order valence-electron chi connectivity index (χ4n) is 1.92. The van der Waals surface area contributed by atoms with Crippen LogP contribution in [0.25, 0.3) is 0 Å². The maximum atomic E-state index is 7.17. The van der Waals surface area contributed by atoms with Crippen molar-refractivity contribution in [2.75, 3.05) is 5.75 Å². The van der Waals surface area contributed by atoms with Crippen LogP contribution < -0.4 is 5.73 Å². The van der Waals surface area contributed by atoms with Gasteiger partial charge in [-0.2, -0.15) is 0 Å². The maximum Gasteiger partial charge on any atom is 0.151 e. The summed E-state index contributed by atoms with van der Waals surface area (Å²) in [7, 11) is 0. The third-order valence-electron chi connectivity index (χ3n) is 2.89. The van der Waals surface area contributed by atoms with Crippen LogP contribution in [0, 0.1) is 12.3 Å². The van der Waals surface area contributed by atoms with Gasteiger partial charge in [-0.25, -0.2) is 9.97 Å². The Morgan fingerprint density at radius 3 is 2.55 bits per heavy atom. The fourth-order valence-corrected chi connectivity index (χ4v) is 2.47. The van der Waals surface area contributed by atoms with Crippen molar-refractivity contribution < 1.29 is 0 Å². The van der Waals surface area contributed by atoms with Gasteiger partial charge in [-0.1, -0.05) is 36.0 Å². The number of nitrogens with two attached hydrogens (primary N) is 1. The summed E-state index contributed by atoms with van der Waals surface area (Å²) in [6, 6.07) is 10.5. The highest BCUT2D eigenvalue weighted by atomic mass is 32.2. The molecule has 104 valence electrons. The lowest BCUT2D eigenvalue weighted by atomic mass is 10.1. The molecule has 2 aromatic rings. The Bertz CT molecular complexity index is 581. The quantitative estimate of drug-likeness (QED) is 0.654. The fraction of sp³-hybridized carbons (Fsp3) is 0.267. The number of aryl methyl sites for hydroxylation is 2. The Balaban J connectivity index is 1.93. The molecule has 0 amide bonds. The largest absolute Gasteiger partial charge is 0.379 e. The first-order valence-electron chi connectivity index (χ1n) is 6.46. The minimum Gasteiger partial charge on any atom is -0.379 e. The summed E-state index contributed by atoms with van der Waals surface area (Å²) in [5.74, 6) is 1.65. The second kappa shape index (κ2) is 7.05. The summed E-state index contributed by atoms with van der Waals surface area (Å²) in [4.78, 5) is 8.51. The second-order valence-electron chi connectivity index (χ2n) is 4.55. The van der Waals surface area contributed by atoms with E-state index in [4.69, 9.17) is 11.1 Å². The van der Waals surface area contributed by atoms with E-state index in [9.17, 15) is 0 Å². The molecule has 0 bridgehead atoms. The Morgan fingerprint density at radius 2 is 1.90 bits per heavy atom. The van der Waals surface area contributed by atoms with Crippen molar-refractivity contribution in [1.29, 1.82) is 5.41 Å². The monoisotopic (exact) mass is 286 g/mol. The van der Waals surface area contributed by atoms with Crippen LogP contribution in [0.2, 0.25) is 0 Å². The molecule has 1 aromatic carbocycles. The summed E-state index contributed by atoms with van der Waals surface area (Å²) in [6.45, 7) is 1.90. The highest BCUT2D eigenvalue weighted by Crippen LogP contribution is 2.11. The van der Waals surface area contributed by atoms with Crippen molar-refractivity contribution in [2.45, 2.75) is 19.8 Å². The highest BCUT2D eigenvalue weighted by Gasteiger charge is 2.00. The molecule has 20 heavy (non-hydrogen) atoms. The SMILES string of the molecule is Cc1nccc(Cc2ccc(CCSC(=N)N)cc2)n1. The molecule has 0 atom stereocenters. The minimum absolute atomic E-state index is 0.181. The second-order valence-corrected chi connectivity index (χ2v) is 5.69. The third kappa shape index (κ3) is 4.66. The number of nitrogens with one attached hydrogen (secondary N) is 1. The zero-order valence-corrected chi connectivity index (χ0v) is 12.3. The number of hydrogen-bond donors (Lipinski definition) is 2. The number of aromatic nitrogens is 2. The predicted molar refractivity (Wildman–Crippen MR) is 84.1 cm³/mol. The van der Waals surface area contributed by atoms with Crippen molar-refractivity contribution in [3.8, 4) is 0 Å². The number of thioether (sulfide) groups is 1. The van der Waals surface area contributed by atoms with E-state index in [1.807, 2.05) is 13.0 Å². The molecule has 0 spiro atoms. The molecule has 0 unspecified atom stereocenters. The van der Waals surface area contributed by atoms with Gasteiger partial charge in [0.15, 0.2) is 5.17 Å². The summed E-state index contributed by atoms with van der Waals surface area (Å²) in [5.41, 5.74) is 8.86. The lowest BCUT2D eigenvalue weighted by Gasteiger charge is -2.04. The zero-order valence-electron chi connectivity index (χ0n) is 11.5. The average Bonchev–Trinajstić information content (AvgIpc) is 2.40. The topological polar surface area (TPSA) is 75.7 Å². The van der Waals surface area contributed by atoms with Gasteiger partial charge < -0.3 is 5.73 Å². The molecule has 3 N–H and O–H groups in total. The van der Waals surface area contributed by atoms with Crippen LogP contribution in [-0.2, 0) is 12.8 Å². The Morgan fingerprint density at radius 1 is 1.20 bits per heavy atom. The van der Waals surface area contributed by atoms with Crippen molar-refractivity contribution in [3.05, 3.63) is 59.2 Å². The van der Waals surface area contributed by atoms with E-state index in [-0.39, 0.29) is 5.17 Å². The number of nitrogens with zero attached hydrogens (tertiary/aromatic N) is 2. The van der Waals surface area contributed by atoms with E-state index in [0.717, 1.165) is 30.1 Å². The zero-order chi connectivity index (χ0) is 14.4. The van der Waals surface area contributed by atoms with Crippen molar-refractivity contribution in [2.24, 2.45) is 5.73 Å². The van der Waals surface area contributed by atoms with E-state index < -0.39 is 0 Å². The van der Waals surface area contributed by atoms with Gasteiger partial charge in [0, 0.05) is 24.1 Å². The molecule has 0 aliphatic carbocycles. The Hall–Kier alpha value is -1.88. The molecular weight excluding hydrogens is 268 g/mol. The van der Waals surface area contributed by atoms with Gasteiger partial charge in [0.1, 0.15) is 5.82 Å². The third-order valence-corrected chi connectivity index (χ3v) is 3.61. The molecule has 2 rings (SSSR count). The van der Waals surface area contributed by atoms with E-state index in [2.05, 4.69) is 34.2 Å². The summed E-state index contributed by atoms with van der Waals surface area (Å²) < 4.78 is 0. The van der Waals surface area contributed by atoms with Gasteiger partial charge in [-0.05, 0) is 30.5 Å². The molecular formula is C15H18N4S. The van der Waals surface area contributed by atoms with Crippen LogP contribution in [0.4, 0.5) is 0 Å². The minimum atomic E-state index is 0.181. The normalized spacial score (nSPS) is 10.4. The molecule has 0 saturated carbocycles. The first-order valence-corrected chi connectivity index (χ1v) is 7.45. The van der Waals surface area contributed by atoms with Crippen molar-refractivity contribution in [3.63, 3.8) is 0 Å². The smallest absolute Gasteiger partial charge is 0.151 e. The van der Waals surface area contributed by atoms with Crippen LogP contribution in [0.15, 0.2) is 36.5 Å². The van der Waals surface area contributed by atoms with Crippen LogP contribution in [0.3, 0.4) is 0 Å². The predicted octanol–water partition coefficient (Wildman–Crippen LogP) is 2.54. The number of hydrogen-bond acceptors (Lipinski definition) is 4. The summed E-state index contributed by atoms with van der Waals surface area (Å²) in [6.07, 6.45) is 3.55. The first kappa shape index (κ1) is 14.5. The van der Waals surface area contributed by atoms with Crippen molar-refractivity contribution >= 4 is 16.9 Å². The van der Waals surface area contributed by atoms with E-state index in [1.54, 1.807) is 6.20 Å². The van der Waals surface area contributed by atoms with Gasteiger partial charge in [0.05, 0.1) is 0 Å². The van der Waals surface area contributed by atoms with Crippen LogP contribution in [0.1, 0.15) is 22.6 Å². The molecule has 1 heterocycles. The van der Waals surface area contributed by atoms with Gasteiger partial charge in [0.2, 0.25) is 0 Å². The molecule has 0 saturated heterocycles. The Kier molecular flexibility index (Phi) is 5.12. The standard InChI is InChI=1S/C15H18N4S/c1-11-18-8-6-14(19-11)10-13-4-2-12(3-5-13)7-9-20-15(16)17/h2-6,8H,7,9-10H2,1H3,(H3,16,17). The van der Waals surface area contributed by atoms with Gasteiger partial charge in [-0.3, -0.25) is 5.41 Å². The molecule has 5 heteroatoms. The molecule has 4 nitrogen and oxygen atoms in total. The summed E-state index contributed by atoms with van der Waals surface area (Å²) in [5, 5.41) is 7.35. The highest BCUT2D eigenvalue weighted by molar-refractivity contribution is 8.13. The number of amidine groups is 1. The molecule has 0 fully saturated rings. The maximum absolute atomic E-state index is 7.17. The van der Waals surface area contributed by atoms with Gasteiger partial charge in [-0.15, -0.1) is 0 Å². The lowest BCUT2D eigenvalue weighted by molar-refractivity contribution is 0.967. The van der Waals surface area contributed by atoms with E-state index in [0.29, 0.717) is 0 Å². The Labute approximate surface area is 123 Å². The van der Waals surface area contributed by atoms with Crippen LogP contribution in [0.5, 0.6) is 0 Å². The molecule has 0 aliphatic heterocycles. The summed E-state index contributed by atoms with van der Waals surface area (Å²) >= 11 is 1.38. The van der Waals surface area contributed by atoms with Gasteiger partial charge >= 0.3 is 0 Å². The van der Waals surface area contributed by atoms with Gasteiger partial charge in [0.25, 0.3) is 0 Å². The number of rotatable bonds is 5. The van der Waals surface area contributed by atoms with E-state index in [1.165, 1.54) is 22.9 Å². The van der Waals surface area contributed by atoms with E-state index >= 15 is 0 Å². The number of benzene rings is 1. The lowest BCUT2D eigenvalue weighted by Crippen LogP contribution is -2.05. The molecule has 0 aliphatic rings. The first-order chi connectivity index (χ1) is 9.63. The molecule has 0 radical (unpaired) electrons. The molecule has 1 aromatic heterocycles. The van der Waals surface area contributed by atoms with Crippen molar-refractivity contribution in [1.82, 2.24) is 9.97 Å².